The summed E-state index contributed by atoms with van der Waals surface area (Å²) in [5.41, 5.74) is 2.90. The minimum absolute atomic E-state index is 0.464. The molecule has 76 valence electrons. The molecule has 0 amide bonds. The van der Waals surface area contributed by atoms with E-state index in [-0.39, 0.29) is 0 Å². The second-order valence-electron chi connectivity index (χ2n) is 3.16. The number of pyridine rings is 1. The zero-order chi connectivity index (χ0) is 10.6. The van der Waals surface area contributed by atoms with Crippen LogP contribution >= 0.6 is 0 Å². The van der Waals surface area contributed by atoms with Gasteiger partial charge in [-0.3, -0.25) is 0 Å². The van der Waals surface area contributed by atoms with Crippen LogP contribution in [0.2, 0.25) is 0 Å². The van der Waals surface area contributed by atoms with Crippen LogP contribution in [0.15, 0.2) is 18.5 Å². The fourth-order valence-electron chi connectivity index (χ4n) is 1.16. The van der Waals surface area contributed by atoms with Gasteiger partial charge in [0, 0.05) is 5.69 Å². The largest absolute Gasteiger partial charge is 0.343 e. The molecule has 0 aliphatic heterocycles. The number of aromatic amines is 1. The number of aromatic nitrogens is 3. The SMILES string of the molecule is CC.CC(C)c1ccc2[nH]cnc2n1. The maximum atomic E-state index is 4.39. The number of rotatable bonds is 1. The van der Waals surface area contributed by atoms with Crippen LogP contribution in [0.3, 0.4) is 0 Å². The van der Waals surface area contributed by atoms with Crippen LogP contribution in [0, 0.1) is 0 Å². The lowest BCUT2D eigenvalue weighted by Gasteiger charge is -2.01. The van der Waals surface area contributed by atoms with Crippen LogP contribution in [-0.2, 0) is 0 Å². The van der Waals surface area contributed by atoms with E-state index in [1.54, 1.807) is 6.33 Å². The van der Waals surface area contributed by atoms with Crippen LogP contribution in [0.4, 0.5) is 0 Å². The van der Waals surface area contributed by atoms with E-state index in [0.717, 1.165) is 16.9 Å². The zero-order valence-corrected chi connectivity index (χ0v) is 9.20. The van der Waals surface area contributed by atoms with Crippen molar-refractivity contribution in [3.05, 3.63) is 24.2 Å². The molecule has 0 aliphatic rings. The van der Waals surface area contributed by atoms with Gasteiger partial charge < -0.3 is 4.98 Å². The van der Waals surface area contributed by atoms with Crippen molar-refractivity contribution in [2.45, 2.75) is 33.6 Å². The number of imidazole rings is 1. The molecule has 0 aliphatic carbocycles. The molecule has 0 fully saturated rings. The van der Waals surface area contributed by atoms with Crippen molar-refractivity contribution in [1.29, 1.82) is 0 Å². The molecule has 0 saturated heterocycles. The van der Waals surface area contributed by atoms with Crippen molar-refractivity contribution in [3.8, 4) is 0 Å². The fourth-order valence-corrected chi connectivity index (χ4v) is 1.16. The molecule has 1 N–H and O–H groups in total. The first kappa shape index (κ1) is 10.7. The maximum Gasteiger partial charge on any atom is 0.177 e. The summed E-state index contributed by atoms with van der Waals surface area (Å²) >= 11 is 0. The first-order valence-corrected chi connectivity index (χ1v) is 5.07. The Morgan fingerprint density at radius 2 is 1.93 bits per heavy atom. The third kappa shape index (κ3) is 2.10. The Hall–Kier alpha value is -1.38. The van der Waals surface area contributed by atoms with E-state index in [1.165, 1.54) is 0 Å². The first-order valence-electron chi connectivity index (χ1n) is 5.07. The smallest absolute Gasteiger partial charge is 0.177 e. The highest BCUT2D eigenvalue weighted by molar-refractivity contribution is 5.69. The van der Waals surface area contributed by atoms with E-state index in [9.17, 15) is 0 Å². The van der Waals surface area contributed by atoms with Crippen LogP contribution in [0.25, 0.3) is 11.2 Å². The molecule has 2 heterocycles. The highest BCUT2D eigenvalue weighted by atomic mass is 15.0. The average Bonchev–Trinajstić information content (AvgIpc) is 2.67. The lowest BCUT2D eigenvalue weighted by Crippen LogP contribution is -1.91. The molecule has 0 radical (unpaired) electrons. The first-order chi connectivity index (χ1) is 6.77. The van der Waals surface area contributed by atoms with Crippen LogP contribution in [0.5, 0.6) is 0 Å². The molecule has 3 heteroatoms. The van der Waals surface area contributed by atoms with E-state index in [2.05, 4.69) is 28.8 Å². The van der Waals surface area contributed by atoms with Gasteiger partial charge in [0.25, 0.3) is 0 Å². The number of H-pyrrole nitrogens is 1. The molecular formula is C11H17N3. The molecule has 2 rings (SSSR count). The van der Waals surface area contributed by atoms with Gasteiger partial charge in [-0.25, -0.2) is 9.97 Å². The van der Waals surface area contributed by atoms with E-state index < -0.39 is 0 Å². The van der Waals surface area contributed by atoms with E-state index in [4.69, 9.17) is 0 Å². The predicted octanol–water partition coefficient (Wildman–Crippen LogP) is 3.11. The van der Waals surface area contributed by atoms with Gasteiger partial charge in [0.1, 0.15) is 0 Å². The quantitative estimate of drug-likeness (QED) is 0.752. The lowest BCUT2D eigenvalue weighted by molar-refractivity contribution is 0.828. The Morgan fingerprint density at radius 3 is 2.57 bits per heavy atom. The van der Waals surface area contributed by atoms with E-state index in [0.29, 0.717) is 5.92 Å². The lowest BCUT2D eigenvalue weighted by atomic mass is 10.1. The second-order valence-corrected chi connectivity index (χ2v) is 3.16. The third-order valence-electron chi connectivity index (χ3n) is 1.90. The van der Waals surface area contributed by atoms with Gasteiger partial charge >= 0.3 is 0 Å². The number of hydrogen-bond acceptors (Lipinski definition) is 2. The summed E-state index contributed by atoms with van der Waals surface area (Å²) in [6.45, 7) is 8.25. The number of nitrogens with zero attached hydrogens (tertiary/aromatic N) is 2. The molecule has 0 spiro atoms. The van der Waals surface area contributed by atoms with Crippen LogP contribution < -0.4 is 0 Å². The molecule has 3 nitrogen and oxygen atoms in total. The van der Waals surface area contributed by atoms with Gasteiger partial charge in [-0.1, -0.05) is 27.7 Å². The van der Waals surface area contributed by atoms with Gasteiger partial charge in [-0.15, -0.1) is 0 Å². The van der Waals surface area contributed by atoms with Gasteiger partial charge in [-0.05, 0) is 18.1 Å². The predicted molar refractivity (Wildman–Crippen MR) is 59.3 cm³/mol. The third-order valence-corrected chi connectivity index (χ3v) is 1.90. The Bertz CT molecular complexity index is 390. The Labute approximate surface area is 84.6 Å². The van der Waals surface area contributed by atoms with Crippen molar-refractivity contribution in [1.82, 2.24) is 15.0 Å². The monoisotopic (exact) mass is 191 g/mol. The summed E-state index contributed by atoms with van der Waals surface area (Å²) in [5, 5.41) is 0. The van der Waals surface area contributed by atoms with Crippen molar-refractivity contribution >= 4 is 11.2 Å². The Morgan fingerprint density at radius 1 is 1.21 bits per heavy atom. The Balaban J connectivity index is 0.000000461. The van der Waals surface area contributed by atoms with Crippen molar-refractivity contribution in [3.63, 3.8) is 0 Å². The van der Waals surface area contributed by atoms with Gasteiger partial charge in [0.05, 0.1) is 11.8 Å². The molecule has 14 heavy (non-hydrogen) atoms. The number of hydrogen-bond donors (Lipinski definition) is 1. The van der Waals surface area contributed by atoms with Gasteiger partial charge in [0.2, 0.25) is 0 Å². The molecule has 0 saturated carbocycles. The topological polar surface area (TPSA) is 41.6 Å². The van der Waals surface area contributed by atoms with Crippen LogP contribution in [0.1, 0.15) is 39.3 Å². The average molecular weight is 191 g/mol. The summed E-state index contributed by atoms with van der Waals surface area (Å²) in [6.07, 6.45) is 1.67. The summed E-state index contributed by atoms with van der Waals surface area (Å²) in [4.78, 5) is 11.5. The summed E-state index contributed by atoms with van der Waals surface area (Å²) < 4.78 is 0. The van der Waals surface area contributed by atoms with Gasteiger partial charge in [0.15, 0.2) is 5.65 Å². The highest BCUT2D eigenvalue weighted by Gasteiger charge is 2.02. The summed E-state index contributed by atoms with van der Waals surface area (Å²) in [6, 6.07) is 4.05. The fraction of sp³-hybridized carbons (Fsp3) is 0.455. The van der Waals surface area contributed by atoms with E-state index >= 15 is 0 Å². The summed E-state index contributed by atoms with van der Waals surface area (Å²) in [7, 11) is 0. The standard InChI is InChI=1S/C9H11N3.C2H6/c1-6(2)7-3-4-8-9(12-7)11-5-10-8;1-2/h3-6H,1-2H3,(H,10,11,12);1-2H3. The van der Waals surface area contributed by atoms with Crippen molar-refractivity contribution in [2.75, 3.05) is 0 Å². The minimum Gasteiger partial charge on any atom is -0.343 e. The highest BCUT2D eigenvalue weighted by Crippen LogP contribution is 2.14. The molecule has 0 bridgehead atoms. The molecule has 2 aromatic rings. The second kappa shape index (κ2) is 4.74. The molecule has 0 aromatic carbocycles. The number of fused-ring (bicyclic) bond motifs is 1. The van der Waals surface area contributed by atoms with Gasteiger partial charge in [-0.2, -0.15) is 0 Å². The Kier molecular flexibility index (Phi) is 3.63. The minimum atomic E-state index is 0.464. The molecule has 2 aromatic heterocycles. The normalized spacial score (nSPS) is 10.1. The maximum absolute atomic E-state index is 4.39. The molecular weight excluding hydrogens is 174 g/mol. The summed E-state index contributed by atoms with van der Waals surface area (Å²) in [5.74, 6) is 0.464. The molecule has 0 atom stereocenters. The zero-order valence-electron chi connectivity index (χ0n) is 9.20. The molecule has 0 unspecified atom stereocenters. The van der Waals surface area contributed by atoms with Crippen molar-refractivity contribution in [2.24, 2.45) is 0 Å². The number of nitrogens with one attached hydrogen (secondary N) is 1. The van der Waals surface area contributed by atoms with Crippen molar-refractivity contribution < 1.29 is 0 Å². The van der Waals surface area contributed by atoms with E-state index in [1.807, 2.05) is 26.0 Å². The van der Waals surface area contributed by atoms with Crippen LogP contribution in [-0.4, -0.2) is 15.0 Å².